The summed E-state index contributed by atoms with van der Waals surface area (Å²) >= 11 is 0. The highest BCUT2D eigenvalue weighted by atomic mass is 16.4. The number of aromatic nitrogens is 2. The van der Waals surface area contributed by atoms with Gasteiger partial charge in [-0.3, -0.25) is 4.68 Å². The molecule has 6 heteroatoms. The number of aliphatic carboxylic acids is 1. The molecule has 0 fully saturated rings. The smallest absolute Gasteiger partial charge is 0.336 e. The van der Waals surface area contributed by atoms with Crippen LogP contribution in [0.3, 0.4) is 0 Å². The summed E-state index contributed by atoms with van der Waals surface area (Å²) in [6.45, 7) is 1.74. The van der Waals surface area contributed by atoms with Crippen molar-refractivity contribution in [2.24, 2.45) is 7.05 Å². The van der Waals surface area contributed by atoms with Crippen molar-refractivity contribution in [1.29, 1.82) is 0 Å². The summed E-state index contributed by atoms with van der Waals surface area (Å²) < 4.78 is 1.66. The number of carboxylic acids is 1. The van der Waals surface area contributed by atoms with Crippen molar-refractivity contribution in [2.45, 2.75) is 19.1 Å². The van der Waals surface area contributed by atoms with E-state index >= 15 is 0 Å². The molecule has 1 unspecified atom stereocenters. The Hall–Kier alpha value is -1.40. The van der Waals surface area contributed by atoms with E-state index in [-0.39, 0.29) is 6.54 Å². The van der Waals surface area contributed by atoms with Gasteiger partial charge in [0.15, 0.2) is 5.60 Å². The highest BCUT2D eigenvalue weighted by Crippen LogP contribution is 2.02. The highest BCUT2D eigenvalue weighted by Gasteiger charge is 2.28. The van der Waals surface area contributed by atoms with Crippen molar-refractivity contribution in [2.75, 3.05) is 6.54 Å². The second-order valence-electron chi connectivity index (χ2n) is 3.70. The standard InChI is InChI=1S/C9H15N3O3/c1-9(15,8(13)14)6-10-3-7-4-11-12(2)5-7/h4-5,10,15H,3,6H2,1-2H3,(H,13,14). The van der Waals surface area contributed by atoms with Crippen molar-refractivity contribution in [3.8, 4) is 0 Å². The van der Waals surface area contributed by atoms with E-state index in [2.05, 4.69) is 10.4 Å². The van der Waals surface area contributed by atoms with E-state index in [9.17, 15) is 9.90 Å². The molecule has 0 saturated carbocycles. The Labute approximate surface area is 87.5 Å². The number of aliphatic hydroxyl groups is 1. The number of hydrogen-bond donors (Lipinski definition) is 3. The molecule has 0 aliphatic rings. The molecular formula is C9H15N3O3. The van der Waals surface area contributed by atoms with E-state index in [1.807, 2.05) is 6.20 Å². The van der Waals surface area contributed by atoms with E-state index in [1.165, 1.54) is 6.92 Å². The fourth-order valence-corrected chi connectivity index (χ4v) is 1.09. The first-order valence-corrected chi connectivity index (χ1v) is 4.56. The van der Waals surface area contributed by atoms with E-state index in [4.69, 9.17) is 5.11 Å². The molecule has 0 saturated heterocycles. The molecule has 0 aliphatic heterocycles. The normalized spacial score (nSPS) is 14.9. The summed E-state index contributed by atoms with van der Waals surface area (Å²) in [5.74, 6) is -1.24. The predicted molar refractivity (Wildman–Crippen MR) is 53.2 cm³/mol. The molecule has 15 heavy (non-hydrogen) atoms. The van der Waals surface area contributed by atoms with Crippen LogP contribution in [0.1, 0.15) is 12.5 Å². The van der Waals surface area contributed by atoms with Crippen LogP contribution in [0.4, 0.5) is 0 Å². The number of rotatable bonds is 5. The molecule has 84 valence electrons. The van der Waals surface area contributed by atoms with Gasteiger partial charge < -0.3 is 15.5 Å². The zero-order chi connectivity index (χ0) is 11.5. The zero-order valence-electron chi connectivity index (χ0n) is 8.77. The summed E-state index contributed by atoms with van der Waals surface area (Å²) in [5, 5.41) is 24.8. The summed E-state index contributed by atoms with van der Waals surface area (Å²) in [7, 11) is 1.80. The third-order valence-electron chi connectivity index (χ3n) is 2.02. The molecule has 3 N–H and O–H groups in total. The molecule has 6 nitrogen and oxygen atoms in total. The quantitative estimate of drug-likeness (QED) is 0.604. The maximum absolute atomic E-state index is 10.6. The van der Waals surface area contributed by atoms with Gasteiger partial charge >= 0.3 is 5.97 Å². The number of nitrogens with zero attached hydrogens (tertiary/aromatic N) is 2. The first-order valence-electron chi connectivity index (χ1n) is 4.56. The number of aryl methyl sites for hydroxylation is 1. The molecule has 0 aromatic carbocycles. The average Bonchev–Trinajstić information content (AvgIpc) is 2.51. The van der Waals surface area contributed by atoms with E-state index in [0.717, 1.165) is 5.56 Å². The molecule has 0 spiro atoms. The minimum absolute atomic E-state index is 0.00275. The molecule has 1 atom stereocenters. The lowest BCUT2D eigenvalue weighted by molar-refractivity contribution is -0.156. The fraction of sp³-hybridized carbons (Fsp3) is 0.556. The van der Waals surface area contributed by atoms with Crippen LogP contribution in [0.5, 0.6) is 0 Å². The summed E-state index contributed by atoms with van der Waals surface area (Å²) in [6, 6.07) is 0. The van der Waals surface area contributed by atoms with Crippen LogP contribution < -0.4 is 5.32 Å². The van der Waals surface area contributed by atoms with Gasteiger partial charge in [-0.1, -0.05) is 0 Å². The first kappa shape index (κ1) is 11.7. The molecule has 0 radical (unpaired) electrons. The van der Waals surface area contributed by atoms with Crippen molar-refractivity contribution in [3.05, 3.63) is 18.0 Å². The third kappa shape index (κ3) is 3.34. The second kappa shape index (κ2) is 4.41. The van der Waals surface area contributed by atoms with Gasteiger partial charge in [0.05, 0.1) is 6.20 Å². The zero-order valence-corrected chi connectivity index (χ0v) is 8.77. The van der Waals surface area contributed by atoms with Crippen LogP contribution in [0, 0.1) is 0 Å². The van der Waals surface area contributed by atoms with Gasteiger partial charge in [0.25, 0.3) is 0 Å². The summed E-state index contributed by atoms with van der Waals surface area (Å²) in [4.78, 5) is 10.6. The first-order chi connectivity index (χ1) is 6.92. The topological polar surface area (TPSA) is 87.4 Å². The maximum Gasteiger partial charge on any atom is 0.336 e. The largest absolute Gasteiger partial charge is 0.479 e. The molecule has 1 rings (SSSR count). The summed E-state index contributed by atoms with van der Waals surface area (Å²) in [6.07, 6.45) is 3.50. The van der Waals surface area contributed by atoms with Gasteiger partial charge in [-0.15, -0.1) is 0 Å². The second-order valence-corrected chi connectivity index (χ2v) is 3.70. The predicted octanol–water partition coefficient (Wildman–Crippen LogP) is -0.655. The Kier molecular flexibility index (Phi) is 3.43. The summed E-state index contributed by atoms with van der Waals surface area (Å²) in [5.41, 5.74) is -0.791. The van der Waals surface area contributed by atoms with Crippen molar-refractivity contribution in [1.82, 2.24) is 15.1 Å². The highest BCUT2D eigenvalue weighted by molar-refractivity contribution is 5.76. The lowest BCUT2D eigenvalue weighted by Gasteiger charge is -2.17. The van der Waals surface area contributed by atoms with Crippen LogP contribution in [0.2, 0.25) is 0 Å². The Morgan fingerprint density at radius 2 is 2.40 bits per heavy atom. The minimum atomic E-state index is -1.73. The van der Waals surface area contributed by atoms with Crippen LogP contribution in [-0.4, -0.2) is 38.1 Å². The van der Waals surface area contributed by atoms with Gasteiger partial charge in [-0.25, -0.2) is 4.79 Å². The minimum Gasteiger partial charge on any atom is -0.479 e. The Morgan fingerprint density at radius 1 is 1.73 bits per heavy atom. The van der Waals surface area contributed by atoms with Crippen molar-refractivity contribution >= 4 is 5.97 Å². The average molecular weight is 213 g/mol. The van der Waals surface area contributed by atoms with Gasteiger partial charge in [0.2, 0.25) is 0 Å². The number of carbonyl (C=O) groups is 1. The Morgan fingerprint density at radius 3 is 2.87 bits per heavy atom. The molecule has 1 aromatic heterocycles. The fourth-order valence-electron chi connectivity index (χ4n) is 1.09. The molecule has 0 amide bonds. The van der Waals surface area contributed by atoms with Crippen LogP contribution in [0.15, 0.2) is 12.4 Å². The third-order valence-corrected chi connectivity index (χ3v) is 2.02. The molecule has 0 bridgehead atoms. The Balaban J connectivity index is 2.36. The van der Waals surface area contributed by atoms with E-state index < -0.39 is 11.6 Å². The lowest BCUT2D eigenvalue weighted by Crippen LogP contribution is -2.44. The monoisotopic (exact) mass is 213 g/mol. The molecular weight excluding hydrogens is 198 g/mol. The van der Waals surface area contributed by atoms with Crippen LogP contribution >= 0.6 is 0 Å². The molecule has 1 aromatic rings. The maximum atomic E-state index is 10.6. The van der Waals surface area contributed by atoms with Gasteiger partial charge in [-0.2, -0.15) is 5.10 Å². The number of carboxylic acid groups (broad SMARTS) is 1. The lowest BCUT2D eigenvalue weighted by atomic mass is 10.1. The van der Waals surface area contributed by atoms with Gasteiger partial charge in [0, 0.05) is 31.9 Å². The van der Waals surface area contributed by atoms with Crippen molar-refractivity contribution in [3.63, 3.8) is 0 Å². The van der Waals surface area contributed by atoms with E-state index in [1.54, 1.807) is 17.9 Å². The van der Waals surface area contributed by atoms with Gasteiger partial charge in [-0.05, 0) is 6.92 Å². The van der Waals surface area contributed by atoms with Crippen LogP contribution in [0.25, 0.3) is 0 Å². The molecule has 0 aliphatic carbocycles. The SMILES string of the molecule is Cn1cc(CNCC(C)(O)C(=O)O)cn1. The van der Waals surface area contributed by atoms with Crippen LogP contribution in [-0.2, 0) is 18.4 Å². The van der Waals surface area contributed by atoms with Crippen molar-refractivity contribution < 1.29 is 15.0 Å². The molecule has 1 heterocycles. The number of nitrogens with one attached hydrogen (secondary N) is 1. The Bertz CT molecular complexity index is 346. The van der Waals surface area contributed by atoms with Gasteiger partial charge in [0.1, 0.15) is 0 Å². The van der Waals surface area contributed by atoms with E-state index in [0.29, 0.717) is 6.54 Å². The number of hydrogen-bond acceptors (Lipinski definition) is 4.